The smallest absolute Gasteiger partial charge is 0.0441 e. The van der Waals surface area contributed by atoms with E-state index in [0.717, 1.165) is 19.4 Å². The number of rotatable bonds is 10. The number of anilines is 1. The van der Waals surface area contributed by atoms with Crippen LogP contribution < -0.4 is 15.4 Å². The molecular formula is C21H33N3S. The van der Waals surface area contributed by atoms with Gasteiger partial charge in [-0.2, -0.15) is 0 Å². The number of nitrogens with two attached hydrogens (primary N) is 1. The van der Waals surface area contributed by atoms with Gasteiger partial charge in [0.15, 0.2) is 0 Å². The molecule has 3 nitrogen and oxygen atoms in total. The summed E-state index contributed by atoms with van der Waals surface area (Å²) in [6.45, 7) is 5.50. The molecule has 0 amide bonds. The van der Waals surface area contributed by atoms with Crippen molar-refractivity contribution >= 4 is 28.4 Å². The van der Waals surface area contributed by atoms with Crippen LogP contribution in [-0.2, 0) is 0 Å². The van der Waals surface area contributed by atoms with Crippen LogP contribution in [0.15, 0.2) is 41.3 Å². The van der Waals surface area contributed by atoms with Crippen LogP contribution in [0.5, 0.6) is 0 Å². The lowest BCUT2D eigenvalue weighted by atomic mass is 10.00. The number of nitrogens with one attached hydrogen (secondary N) is 1. The van der Waals surface area contributed by atoms with Crippen LogP contribution in [0.25, 0.3) is 10.8 Å². The maximum Gasteiger partial charge on any atom is 0.0441 e. The third-order valence-corrected chi connectivity index (χ3v) is 5.33. The second-order valence-corrected chi connectivity index (χ2v) is 8.34. The third-order valence-electron chi connectivity index (χ3n) is 4.40. The summed E-state index contributed by atoms with van der Waals surface area (Å²) in [6.07, 6.45) is 4.63. The number of fused-ring (bicyclic) bond motifs is 1. The van der Waals surface area contributed by atoms with Crippen molar-refractivity contribution in [2.45, 2.75) is 50.5 Å². The molecule has 2 aromatic rings. The first-order valence-electron chi connectivity index (χ1n) is 9.33. The van der Waals surface area contributed by atoms with Gasteiger partial charge in [-0.1, -0.05) is 44.5 Å². The van der Waals surface area contributed by atoms with E-state index in [2.05, 4.69) is 74.0 Å². The Labute approximate surface area is 157 Å². The van der Waals surface area contributed by atoms with Gasteiger partial charge in [-0.15, -0.1) is 0 Å². The molecule has 1 unspecified atom stereocenters. The fourth-order valence-electron chi connectivity index (χ4n) is 3.20. The highest BCUT2D eigenvalue weighted by Crippen LogP contribution is 2.31. The fourth-order valence-corrected chi connectivity index (χ4v) is 4.04. The van der Waals surface area contributed by atoms with Crippen LogP contribution in [0.1, 0.15) is 39.5 Å². The summed E-state index contributed by atoms with van der Waals surface area (Å²) in [7, 11) is 4.19. The molecule has 2 rings (SSSR count). The molecule has 0 bridgehead atoms. The van der Waals surface area contributed by atoms with Crippen molar-refractivity contribution in [2.75, 3.05) is 25.5 Å². The minimum atomic E-state index is 0.357. The van der Waals surface area contributed by atoms with E-state index in [-0.39, 0.29) is 0 Å². The van der Waals surface area contributed by atoms with Crippen LogP contribution in [0, 0.1) is 5.92 Å². The minimum Gasteiger partial charge on any atom is -0.377 e. The zero-order valence-electron chi connectivity index (χ0n) is 16.1. The average molecular weight is 360 g/mol. The second kappa shape index (κ2) is 10.0. The molecule has 138 valence electrons. The van der Waals surface area contributed by atoms with Crippen molar-refractivity contribution in [3.8, 4) is 0 Å². The van der Waals surface area contributed by atoms with Crippen LogP contribution in [-0.4, -0.2) is 26.7 Å². The second-order valence-electron chi connectivity index (χ2n) is 7.40. The Balaban J connectivity index is 1.83. The monoisotopic (exact) mass is 359 g/mol. The highest BCUT2D eigenvalue weighted by molar-refractivity contribution is 7.97. The third kappa shape index (κ3) is 6.21. The molecule has 0 aliphatic heterocycles. The van der Waals surface area contributed by atoms with Gasteiger partial charge in [0.2, 0.25) is 0 Å². The summed E-state index contributed by atoms with van der Waals surface area (Å²) in [4.78, 5) is 3.46. The van der Waals surface area contributed by atoms with Gasteiger partial charge in [-0.05, 0) is 54.6 Å². The van der Waals surface area contributed by atoms with Crippen LogP contribution in [0.4, 0.5) is 5.69 Å². The van der Waals surface area contributed by atoms with Gasteiger partial charge in [0.1, 0.15) is 0 Å². The van der Waals surface area contributed by atoms with Gasteiger partial charge >= 0.3 is 0 Å². The Morgan fingerprint density at radius 1 is 1.04 bits per heavy atom. The summed E-state index contributed by atoms with van der Waals surface area (Å²) in [5.41, 5.74) is 7.41. The van der Waals surface area contributed by atoms with Crippen molar-refractivity contribution < 1.29 is 0 Å². The van der Waals surface area contributed by atoms with E-state index in [0.29, 0.717) is 12.0 Å². The molecule has 0 aromatic heterocycles. The van der Waals surface area contributed by atoms with Gasteiger partial charge in [0.25, 0.3) is 0 Å². The van der Waals surface area contributed by atoms with Crippen molar-refractivity contribution in [1.82, 2.24) is 4.72 Å². The molecule has 3 N–H and O–H groups in total. The first-order chi connectivity index (χ1) is 12.0. The number of unbranched alkanes of at least 4 members (excludes halogenated alkanes) is 1. The van der Waals surface area contributed by atoms with Crippen molar-refractivity contribution in [1.29, 1.82) is 0 Å². The van der Waals surface area contributed by atoms with E-state index in [9.17, 15) is 0 Å². The Morgan fingerprint density at radius 3 is 2.48 bits per heavy atom. The van der Waals surface area contributed by atoms with Crippen LogP contribution in [0.3, 0.4) is 0 Å². The number of hydrogen-bond acceptors (Lipinski definition) is 4. The molecule has 4 heteroatoms. The van der Waals surface area contributed by atoms with E-state index in [1.54, 1.807) is 11.9 Å². The molecule has 0 saturated carbocycles. The summed E-state index contributed by atoms with van der Waals surface area (Å²) in [5.74, 6) is 0.696. The highest BCUT2D eigenvalue weighted by atomic mass is 32.2. The normalized spacial score (nSPS) is 12.7. The first kappa shape index (κ1) is 20.1. The topological polar surface area (TPSA) is 41.3 Å². The lowest BCUT2D eigenvalue weighted by Crippen LogP contribution is -2.22. The predicted molar refractivity (Wildman–Crippen MR) is 113 cm³/mol. The number of hydrogen-bond donors (Lipinski definition) is 2. The van der Waals surface area contributed by atoms with Gasteiger partial charge in [0, 0.05) is 42.7 Å². The van der Waals surface area contributed by atoms with E-state index in [4.69, 9.17) is 5.73 Å². The Kier molecular flexibility index (Phi) is 8.07. The Morgan fingerprint density at radius 2 is 1.76 bits per heavy atom. The number of nitrogens with zero attached hydrogens (tertiary/aromatic N) is 1. The van der Waals surface area contributed by atoms with Crippen LogP contribution >= 0.6 is 11.9 Å². The Hall–Kier alpha value is -1.23. The molecule has 25 heavy (non-hydrogen) atoms. The maximum absolute atomic E-state index is 6.15. The van der Waals surface area contributed by atoms with Crippen molar-refractivity contribution in [2.24, 2.45) is 11.7 Å². The minimum absolute atomic E-state index is 0.357. The highest BCUT2D eigenvalue weighted by Gasteiger charge is 2.07. The molecule has 2 aromatic carbocycles. The van der Waals surface area contributed by atoms with E-state index in [1.807, 2.05) is 0 Å². The fraction of sp³-hybridized carbons (Fsp3) is 0.524. The van der Waals surface area contributed by atoms with Gasteiger partial charge in [-0.3, -0.25) is 4.72 Å². The standard InChI is InChI=1S/C21H33N3S/c1-16(2)15-17(22)9-5-6-14-23-25-21-13-8-10-18-19(21)11-7-12-20(18)24(3)4/h7-8,10-13,16-17,23H,5-6,9,14-15,22H2,1-4H3. The summed E-state index contributed by atoms with van der Waals surface area (Å²) in [6, 6.07) is 13.4. The van der Waals surface area contributed by atoms with Gasteiger partial charge in [-0.25, -0.2) is 0 Å². The zero-order chi connectivity index (χ0) is 18.2. The molecule has 0 fully saturated rings. The summed E-state index contributed by atoms with van der Waals surface area (Å²) >= 11 is 1.74. The molecule has 0 aliphatic rings. The predicted octanol–water partition coefficient (Wildman–Crippen LogP) is 5.05. The zero-order valence-corrected chi connectivity index (χ0v) is 16.9. The lowest BCUT2D eigenvalue weighted by Gasteiger charge is -2.17. The lowest BCUT2D eigenvalue weighted by molar-refractivity contribution is 0.458. The SMILES string of the molecule is CC(C)CC(N)CCCCNSc1cccc2c(N(C)C)cccc12. The Bertz CT molecular complexity index is 655. The number of benzene rings is 2. The quantitative estimate of drug-likeness (QED) is 0.460. The molecular weight excluding hydrogens is 326 g/mol. The van der Waals surface area contributed by atoms with E-state index >= 15 is 0 Å². The molecule has 0 saturated heterocycles. The van der Waals surface area contributed by atoms with Crippen molar-refractivity contribution in [3.05, 3.63) is 36.4 Å². The van der Waals surface area contributed by atoms with E-state index in [1.165, 1.54) is 34.2 Å². The van der Waals surface area contributed by atoms with E-state index < -0.39 is 0 Å². The van der Waals surface area contributed by atoms with Gasteiger partial charge in [0.05, 0.1) is 0 Å². The van der Waals surface area contributed by atoms with Crippen molar-refractivity contribution in [3.63, 3.8) is 0 Å². The van der Waals surface area contributed by atoms with Crippen LogP contribution in [0.2, 0.25) is 0 Å². The molecule has 0 heterocycles. The largest absolute Gasteiger partial charge is 0.377 e. The molecule has 0 aliphatic carbocycles. The van der Waals surface area contributed by atoms with Gasteiger partial charge < -0.3 is 10.6 Å². The molecule has 0 radical (unpaired) electrons. The summed E-state index contributed by atoms with van der Waals surface area (Å²) < 4.78 is 3.52. The average Bonchev–Trinajstić information content (AvgIpc) is 2.56. The maximum atomic E-state index is 6.15. The first-order valence-corrected chi connectivity index (χ1v) is 10.1. The molecule has 1 atom stereocenters. The summed E-state index contributed by atoms with van der Waals surface area (Å²) in [5, 5.41) is 2.61. The molecule has 0 spiro atoms.